The van der Waals surface area contributed by atoms with Gasteiger partial charge in [0.1, 0.15) is 6.54 Å². The van der Waals surface area contributed by atoms with E-state index in [9.17, 15) is 9.59 Å². The number of carboxylic acid groups (broad SMARTS) is 1. The number of benzene rings is 1. The molecule has 1 aromatic carbocycles. The molecule has 4 heteroatoms. The van der Waals surface area contributed by atoms with Gasteiger partial charge in [-0.25, -0.2) is 0 Å². The summed E-state index contributed by atoms with van der Waals surface area (Å²) in [6.45, 7) is 5.39. The van der Waals surface area contributed by atoms with E-state index >= 15 is 0 Å². The molecule has 0 saturated carbocycles. The minimum absolute atomic E-state index is 0.147. The number of carboxylic acids is 1. The molecule has 1 N–H and O–H groups in total. The third kappa shape index (κ3) is 4.88. The van der Waals surface area contributed by atoms with Crippen LogP contribution in [-0.2, 0) is 16.0 Å². The van der Waals surface area contributed by atoms with Crippen LogP contribution in [0.2, 0.25) is 0 Å². The first-order valence-corrected chi connectivity index (χ1v) is 6.73. The van der Waals surface area contributed by atoms with Gasteiger partial charge >= 0.3 is 5.97 Å². The van der Waals surface area contributed by atoms with Crippen LogP contribution in [0.15, 0.2) is 30.3 Å². The maximum Gasteiger partial charge on any atom is 0.323 e. The van der Waals surface area contributed by atoms with Crippen molar-refractivity contribution < 1.29 is 14.7 Å². The summed E-state index contributed by atoms with van der Waals surface area (Å²) >= 11 is 0. The molecular weight excluding hydrogens is 254 g/mol. The summed E-state index contributed by atoms with van der Waals surface area (Å²) in [5.74, 6) is -1.30. The molecule has 0 aliphatic heterocycles. The van der Waals surface area contributed by atoms with Gasteiger partial charge in [0.05, 0.1) is 0 Å². The second-order valence-corrected chi connectivity index (χ2v) is 4.88. The van der Waals surface area contributed by atoms with Crippen LogP contribution in [0, 0.1) is 0 Å². The van der Waals surface area contributed by atoms with Gasteiger partial charge in [0.15, 0.2) is 0 Å². The zero-order valence-corrected chi connectivity index (χ0v) is 12.2. The highest BCUT2D eigenvalue weighted by atomic mass is 16.4. The normalized spacial score (nSPS) is 11.0. The lowest BCUT2D eigenvalue weighted by Crippen LogP contribution is -2.39. The molecule has 0 heterocycles. The molecule has 0 saturated heterocycles. The number of carbonyl (C=O) groups is 2. The van der Waals surface area contributed by atoms with Crippen molar-refractivity contribution in [1.82, 2.24) is 4.90 Å². The molecule has 0 spiro atoms. The number of carbonyl (C=O) groups excluding carboxylic acids is 1. The lowest BCUT2D eigenvalue weighted by Gasteiger charge is -2.23. The van der Waals surface area contributed by atoms with Crippen LogP contribution < -0.4 is 0 Å². The fourth-order valence-corrected chi connectivity index (χ4v) is 1.79. The maximum absolute atomic E-state index is 12.0. The van der Waals surface area contributed by atoms with Crippen LogP contribution >= 0.6 is 0 Å². The molecule has 0 unspecified atom stereocenters. The highest BCUT2D eigenvalue weighted by molar-refractivity contribution is 5.93. The number of nitrogens with zero attached hydrogens (tertiary/aromatic N) is 1. The first-order chi connectivity index (χ1) is 9.43. The van der Waals surface area contributed by atoms with Gasteiger partial charge in [-0.05, 0) is 37.5 Å². The first kappa shape index (κ1) is 16.0. The van der Waals surface area contributed by atoms with Crippen molar-refractivity contribution in [2.45, 2.75) is 33.2 Å². The minimum Gasteiger partial charge on any atom is -0.480 e. The quantitative estimate of drug-likeness (QED) is 0.812. The SMILES string of the molecule is CCc1ccc(/C=C/C(=O)N(CC(=O)O)C(C)C)cc1. The molecule has 0 bridgehead atoms. The number of aliphatic carboxylic acids is 1. The van der Waals surface area contributed by atoms with Gasteiger partial charge in [0, 0.05) is 12.1 Å². The molecular formula is C16H21NO3. The summed E-state index contributed by atoms with van der Waals surface area (Å²) in [6, 6.07) is 7.77. The summed E-state index contributed by atoms with van der Waals surface area (Å²) in [5.41, 5.74) is 2.16. The lowest BCUT2D eigenvalue weighted by atomic mass is 10.1. The molecule has 0 aliphatic carbocycles. The third-order valence-corrected chi connectivity index (χ3v) is 3.02. The third-order valence-electron chi connectivity index (χ3n) is 3.02. The summed E-state index contributed by atoms with van der Waals surface area (Å²) in [4.78, 5) is 24.1. The average Bonchev–Trinajstić information content (AvgIpc) is 2.42. The first-order valence-electron chi connectivity index (χ1n) is 6.73. The van der Waals surface area contributed by atoms with Crippen molar-refractivity contribution in [3.63, 3.8) is 0 Å². The van der Waals surface area contributed by atoms with Crippen molar-refractivity contribution in [1.29, 1.82) is 0 Å². The predicted molar refractivity (Wildman–Crippen MR) is 79.3 cm³/mol. The molecule has 20 heavy (non-hydrogen) atoms. The summed E-state index contributed by atoms with van der Waals surface area (Å²) in [5, 5.41) is 8.81. The molecule has 0 fully saturated rings. The highest BCUT2D eigenvalue weighted by Crippen LogP contribution is 2.08. The van der Waals surface area contributed by atoms with Gasteiger partial charge in [0.2, 0.25) is 5.91 Å². The Bertz CT molecular complexity index is 489. The zero-order valence-electron chi connectivity index (χ0n) is 12.2. The van der Waals surface area contributed by atoms with E-state index in [1.807, 2.05) is 24.3 Å². The Morgan fingerprint density at radius 1 is 1.25 bits per heavy atom. The predicted octanol–water partition coefficient (Wildman–Crippen LogP) is 2.58. The second-order valence-electron chi connectivity index (χ2n) is 4.88. The Hall–Kier alpha value is -2.10. The lowest BCUT2D eigenvalue weighted by molar-refractivity contribution is -0.143. The van der Waals surface area contributed by atoms with Crippen molar-refractivity contribution in [2.75, 3.05) is 6.54 Å². The van der Waals surface area contributed by atoms with E-state index in [4.69, 9.17) is 5.11 Å². The zero-order chi connectivity index (χ0) is 15.1. The highest BCUT2D eigenvalue weighted by Gasteiger charge is 2.17. The standard InChI is InChI=1S/C16H21NO3/c1-4-13-5-7-14(8-6-13)9-10-15(18)17(12(2)3)11-16(19)20/h5-10,12H,4,11H2,1-3H3,(H,19,20)/b10-9+. The molecule has 1 aromatic rings. The van der Waals surface area contributed by atoms with E-state index in [2.05, 4.69) is 6.92 Å². The number of hydrogen-bond donors (Lipinski definition) is 1. The Labute approximate surface area is 119 Å². The number of rotatable bonds is 6. The Balaban J connectivity index is 2.75. The molecule has 0 aliphatic rings. The maximum atomic E-state index is 12.0. The molecule has 1 rings (SSSR count). The van der Waals surface area contributed by atoms with Crippen LogP contribution in [0.3, 0.4) is 0 Å². The van der Waals surface area contributed by atoms with Crippen molar-refractivity contribution >= 4 is 18.0 Å². The average molecular weight is 275 g/mol. The Morgan fingerprint density at radius 3 is 2.30 bits per heavy atom. The fraction of sp³-hybridized carbons (Fsp3) is 0.375. The molecule has 108 valence electrons. The van der Waals surface area contributed by atoms with Gasteiger partial charge in [-0.1, -0.05) is 31.2 Å². The van der Waals surface area contributed by atoms with E-state index in [1.165, 1.54) is 16.5 Å². The van der Waals surface area contributed by atoms with Crippen molar-refractivity contribution in [2.24, 2.45) is 0 Å². The molecule has 0 aromatic heterocycles. The van der Waals surface area contributed by atoms with Gasteiger partial charge in [-0.15, -0.1) is 0 Å². The van der Waals surface area contributed by atoms with Crippen LogP contribution in [0.25, 0.3) is 6.08 Å². The molecule has 1 amide bonds. The molecule has 0 radical (unpaired) electrons. The van der Waals surface area contributed by atoms with Gasteiger partial charge < -0.3 is 10.0 Å². The number of hydrogen-bond acceptors (Lipinski definition) is 2. The van der Waals surface area contributed by atoms with Gasteiger partial charge in [0.25, 0.3) is 0 Å². The van der Waals surface area contributed by atoms with Crippen LogP contribution in [-0.4, -0.2) is 34.5 Å². The largest absolute Gasteiger partial charge is 0.480 e. The summed E-state index contributed by atoms with van der Waals surface area (Å²) in [7, 11) is 0. The topological polar surface area (TPSA) is 57.6 Å². The molecule has 4 nitrogen and oxygen atoms in total. The fourth-order valence-electron chi connectivity index (χ4n) is 1.79. The van der Waals surface area contributed by atoms with Crippen LogP contribution in [0.1, 0.15) is 31.9 Å². The van der Waals surface area contributed by atoms with Gasteiger partial charge in [-0.2, -0.15) is 0 Å². The second kappa shape index (κ2) is 7.48. The minimum atomic E-state index is -1.01. The van der Waals surface area contributed by atoms with E-state index in [1.54, 1.807) is 19.9 Å². The Kier molecular flexibility index (Phi) is 5.97. The van der Waals surface area contributed by atoms with E-state index in [0.29, 0.717) is 0 Å². The van der Waals surface area contributed by atoms with E-state index in [0.717, 1.165) is 12.0 Å². The molecule has 0 atom stereocenters. The van der Waals surface area contributed by atoms with E-state index in [-0.39, 0.29) is 18.5 Å². The Morgan fingerprint density at radius 2 is 1.85 bits per heavy atom. The number of amides is 1. The van der Waals surface area contributed by atoms with Crippen LogP contribution in [0.5, 0.6) is 0 Å². The van der Waals surface area contributed by atoms with Gasteiger partial charge in [-0.3, -0.25) is 9.59 Å². The number of aryl methyl sites for hydroxylation is 1. The smallest absolute Gasteiger partial charge is 0.323 e. The summed E-state index contributed by atoms with van der Waals surface area (Å²) in [6.07, 6.45) is 4.10. The van der Waals surface area contributed by atoms with Crippen LogP contribution in [0.4, 0.5) is 0 Å². The van der Waals surface area contributed by atoms with Crippen molar-refractivity contribution in [3.8, 4) is 0 Å². The summed E-state index contributed by atoms with van der Waals surface area (Å²) < 4.78 is 0. The van der Waals surface area contributed by atoms with E-state index < -0.39 is 5.97 Å². The monoisotopic (exact) mass is 275 g/mol. The van der Waals surface area contributed by atoms with Crippen molar-refractivity contribution in [3.05, 3.63) is 41.5 Å².